The van der Waals surface area contributed by atoms with E-state index >= 15 is 0 Å². The minimum absolute atomic E-state index is 0.223. The molecule has 2 amide bonds. The predicted octanol–water partition coefficient (Wildman–Crippen LogP) is 3.04. The summed E-state index contributed by atoms with van der Waals surface area (Å²) in [6.07, 6.45) is 3.86. The van der Waals surface area contributed by atoms with Crippen molar-refractivity contribution >= 4 is 12.1 Å². The fraction of sp³-hybridized carbons (Fsp3) is 0.118. The summed E-state index contributed by atoms with van der Waals surface area (Å²) >= 11 is 0. The summed E-state index contributed by atoms with van der Waals surface area (Å²) in [7, 11) is 0. The smallest absolute Gasteiger partial charge is 0.318 e. The van der Waals surface area contributed by atoms with E-state index in [1.54, 1.807) is 30.3 Å². The van der Waals surface area contributed by atoms with Gasteiger partial charge in [-0.25, -0.2) is 9.18 Å². The first-order chi connectivity index (χ1) is 10.6. The number of aromatic hydroxyl groups is 1. The van der Waals surface area contributed by atoms with Gasteiger partial charge in [0, 0.05) is 12.7 Å². The fourth-order valence-electron chi connectivity index (χ4n) is 1.82. The zero-order valence-electron chi connectivity index (χ0n) is 11.9. The van der Waals surface area contributed by atoms with Crippen molar-refractivity contribution in [2.45, 2.75) is 6.42 Å². The quantitative estimate of drug-likeness (QED) is 0.795. The molecule has 0 atom stereocenters. The molecule has 2 aromatic rings. The van der Waals surface area contributed by atoms with Gasteiger partial charge in [0.15, 0.2) is 0 Å². The topological polar surface area (TPSA) is 61.4 Å². The first kappa shape index (κ1) is 15.6. The Kier molecular flexibility index (Phi) is 5.54. The lowest BCUT2D eigenvalue weighted by Crippen LogP contribution is -2.33. The van der Waals surface area contributed by atoms with Gasteiger partial charge in [0.1, 0.15) is 11.6 Å². The number of amides is 2. The minimum atomic E-state index is -0.308. The largest absolute Gasteiger partial charge is 0.508 e. The standard InChI is InChI=1S/C17H17FN2O2/c18-15-5-1-13(2-6-15)9-11-19-17(22)20-12-10-14-3-7-16(21)8-4-14/h1-9,11,21H,10,12H2,(H2,19,20,22)/b11-9+. The molecule has 5 heteroatoms. The highest BCUT2D eigenvalue weighted by Crippen LogP contribution is 2.09. The molecule has 4 nitrogen and oxygen atoms in total. The van der Waals surface area contributed by atoms with E-state index in [4.69, 9.17) is 5.11 Å². The molecule has 0 spiro atoms. The normalized spacial score (nSPS) is 10.6. The molecule has 0 aliphatic carbocycles. The first-order valence-corrected chi connectivity index (χ1v) is 6.88. The molecular weight excluding hydrogens is 283 g/mol. The number of carbonyl (C=O) groups is 1. The molecular formula is C17H17FN2O2. The molecule has 114 valence electrons. The lowest BCUT2D eigenvalue weighted by atomic mass is 10.1. The van der Waals surface area contributed by atoms with Crippen molar-refractivity contribution < 1.29 is 14.3 Å². The van der Waals surface area contributed by atoms with Crippen LogP contribution in [0.25, 0.3) is 6.08 Å². The van der Waals surface area contributed by atoms with Gasteiger partial charge in [-0.05, 0) is 47.9 Å². The molecule has 0 aliphatic heterocycles. The van der Waals surface area contributed by atoms with Crippen molar-refractivity contribution in [2.24, 2.45) is 0 Å². The Morgan fingerprint density at radius 3 is 2.45 bits per heavy atom. The van der Waals surface area contributed by atoms with E-state index in [9.17, 15) is 9.18 Å². The Labute approximate surface area is 128 Å². The van der Waals surface area contributed by atoms with Crippen LogP contribution in [0.2, 0.25) is 0 Å². The number of halogens is 1. The second-order valence-electron chi connectivity index (χ2n) is 4.70. The molecule has 0 saturated carbocycles. The summed E-state index contributed by atoms with van der Waals surface area (Å²) in [6, 6.07) is 12.5. The number of carbonyl (C=O) groups excluding carboxylic acids is 1. The van der Waals surface area contributed by atoms with Crippen LogP contribution in [0.3, 0.4) is 0 Å². The van der Waals surface area contributed by atoms with E-state index in [1.807, 2.05) is 12.1 Å². The van der Waals surface area contributed by atoms with E-state index in [1.165, 1.54) is 18.3 Å². The molecule has 0 bridgehead atoms. The number of phenolic OH excluding ortho intramolecular Hbond substituents is 1. The number of nitrogens with one attached hydrogen (secondary N) is 2. The van der Waals surface area contributed by atoms with Gasteiger partial charge in [-0.15, -0.1) is 0 Å². The van der Waals surface area contributed by atoms with Crippen molar-refractivity contribution in [2.75, 3.05) is 6.54 Å². The summed E-state index contributed by atoms with van der Waals surface area (Å²) in [4.78, 5) is 11.6. The summed E-state index contributed by atoms with van der Waals surface area (Å²) in [5.74, 6) is -0.0718. The zero-order valence-corrected chi connectivity index (χ0v) is 11.9. The number of benzene rings is 2. The molecule has 0 radical (unpaired) electrons. The van der Waals surface area contributed by atoms with Crippen LogP contribution in [-0.2, 0) is 6.42 Å². The fourth-order valence-corrected chi connectivity index (χ4v) is 1.82. The summed E-state index contributed by atoms with van der Waals surface area (Å²) < 4.78 is 12.7. The van der Waals surface area contributed by atoms with E-state index in [2.05, 4.69) is 10.6 Å². The maximum atomic E-state index is 12.7. The van der Waals surface area contributed by atoms with Gasteiger partial charge in [-0.2, -0.15) is 0 Å². The number of phenols is 1. The van der Waals surface area contributed by atoms with Crippen LogP contribution in [0.1, 0.15) is 11.1 Å². The van der Waals surface area contributed by atoms with E-state index in [0.29, 0.717) is 13.0 Å². The number of hydrogen-bond acceptors (Lipinski definition) is 2. The van der Waals surface area contributed by atoms with Gasteiger partial charge < -0.3 is 15.7 Å². The Hall–Kier alpha value is -2.82. The monoisotopic (exact) mass is 300 g/mol. The van der Waals surface area contributed by atoms with Crippen molar-refractivity contribution in [1.82, 2.24) is 10.6 Å². The molecule has 3 N–H and O–H groups in total. The van der Waals surface area contributed by atoms with Gasteiger partial charge in [-0.3, -0.25) is 0 Å². The minimum Gasteiger partial charge on any atom is -0.508 e. The Morgan fingerprint density at radius 1 is 1.09 bits per heavy atom. The molecule has 0 aliphatic rings. The highest BCUT2D eigenvalue weighted by Gasteiger charge is 1.98. The Bertz CT molecular complexity index is 637. The van der Waals surface area contributed by atoms with Gasteiger partial charge in [0.2, 0.25) is 0 Å². The predicted molar refractivity (Wildman–Crippen MR) is 83.8 cm³/mol. The molecule has 0 fully saturated rings. The third-order valence-corrected chi connectivity index (χ3v) is 3.00. The molecule has 22 heavy (non-hydrogen) atoms. The Morgan fingerprint density at radius 2 is 1.77 bits per heavy atom. The van der Waals surface area contributed by atoms with Crippen LogP contribution >= 0.6 is 0 Å². The van der Waals surface area contributed by atoms with Gasteiger partial charge in [0.05, 0.1) is 0 Å². The maximum Gasteiger partial charge on any atom is 0.318 e. The van der Waals surface area contributed by atoms with Crippen LogP contribution in [0.5, 0.6) is 5.75 Å². The molecule has 0 heterocycles. The van der Waals surface area contributed by atoms with E-state index < -0.39 is 0 Å². The van der Waals surface area contributed by atoms with Crippen molar-refractivity contribution in [1.29, 1.82) is 0 Å². The number of rotatable bonds is 5. The zero-order chi connectivity index (χ0) is 15.8. The Balaban J connectivity index is 1.69. The molecule has 2 rings (SSSR count). The summed E-state index contributed by atoms with van der Waals surface area (Å²) in [5, 5.41) is 14.5. The SMILES string of the molecule is O=C(N/C=C/c1ccc(F)cc1)NCCc1ccc(O)cc1. The summed E-state index contributed by atoms with van der Waals surface area (Å²) in [5.41, 5.74) is 1.82. The highest BCUT2D eigenvalue weighted by molar-refractivity contribution is 5.75. The van der Waals surface area contributed by atoms with Gasteiger partial charge >= 0.3 is 6.03 Å². The first-order valence-electron chi connectivity index (χ1n) is 6.88. The van der Waals surface area contributed by atoms with Crippen LogP contribution < -0.4 is 10.6 Å². The van der Waals surface area contributed by atoms with Crippen molar-refractivity contribution in [3.63, 3.8) is 0 Å². The summed E-state index contributed by atoms with van der Waals surface area (Å²) in [6.45, 7) is 0.487. The van der Waals surface area contributed by atoms with Crippen molar-refractivity contribution in [3.05, 3.63) is 71.7 Å². The third kappa shape index (κ3) is 5.28. The van der Waals surface area contributed by atoms with Crippen LogP contribution in [0.15, 0.2) is 54.7 Å². The maximum absolute atomic E-state index is 12.7. The highest BCUT2D eigenvalue weighted by atomic mass is 19.1. The lowest BCUT2D eigenvalue weighted by Gasteiger charge is -2.05. The van der Waals surface area contributed by atoms with Gasteiger partial charge in [0.25, 0.3) is 0 Å². The van der Waals surface area contributed by atoms with Gasteiger partial charge in [-0.1, -0.05) is 24.3 Å². The molecule has 0 saturated heterocycles. The second kappa shape index (κ2) is 7.83. The number of hydrogen-bond donors (Lipinski definition) is 3. The van der Waals surface area contributed by atoms with E-state index in [-0.39, 0.29) is 17.6 Å². The molecule has 0 aromatic heterocycles. The molecule has 2 aromatic carbocycles. The molecule has 0 unspecified atom stereocenters. The second-order valence-corrected chi connectivity index (χ2v) is 4.70. The van der Waals surface area contributed by atoms with Crippen LogP contribution in [0, 0.1) is 5.82 Å². The van der Waals surface area contributed by atoms with E-state index in [0.717, 1.165) is 11.1 Å². The van der Waals surface area contributed by atoms with Crippen LogP contribution in [-0.4, -0.2) is 17.7 Å². The third-order valence-electron chi connectivity index (χ3n) is 3.00. The average molecular weight is 300 g/mol. The average Bonchev–Trinajstić information content (AvgIpc) is 2.51. The number of urea groups is 1. The van der Waals surface area contributed by atoms with Crippen molar-refractivity contribution in [3.8, 4) is 5.75 Å². The van der Waals surface area contributed by atoms with Crippen LogP contribution in [0.4, 0.5) is 9.18 Å². The lowest BCUT2D eigenvalue weighted by molar-refractivity contribution is 0.244.